The summed E-state index contributed by atoms with van der Waals surface area (Å²) in [4.78, 5) is 16.4. The van der Waals surface area contributed by atoms with Gasteiger partial charge in [0.25, 0.3) is 0 Å². The first-order valence-electron chi connectivity index (χ1n) is 8.95. The predicted molar refractivity (Wildman–Crippen MR) is 116 cm³/mol. The second-order valence-corrected chi connectivity index (χ2v) is 7.20. The number of ether oxygens (including phenoxy) is 1. The quantitative estimate of drug-likeness (QED) is 0.256. The number of nitrogens with zero attached hydrogens (tertiary/aromatic N) is 1. The van der Waals surface area contributed by atoms with Crippen LogP contribution in [0.5, 0.6) is 5.75 Å². The van der Waals surface area contributed by atoms with E-state index in [1.807, 2.05) is 45.9 Å². The number of amides is 1. The maximum Gasteiger partial charge on any atom is 0.225 e. The molecule has 0 spiro atoms. The molecule has 1 amide bonds. The largest absolute Gasteiger partial charge is 0.488 e. The minimum absolute atomic E-state index is 0. The van der Waals surface area contributed by atoms with Gasteiger partial charge in [-0.25, -0.2) is 4.99 Å². The van der Waals surface area contributed by atoms with Crippen LogP contribution in [0.1, 0.15) is 33.3 Å². The van der Waals surface area contributed by atoms with Crippen LogP contribution in [0.4, 0.5) is 0 Å². The van der Waals surface area contributed by atoms with Crippen molar-refractivity contribution >= 4 is 35.8 Å². The number of rotatable bonds is 6. The van der Waals surface area contributed by atoms with Gasteiger partial charge in [-0.1, -0.05) is 39.0 Å². The highest BCUT2D eigenvalue weighted by atomic mass is 127. The van der Waals surface area contributed by atoms with Crippen molar-refractivity contribution in [3.8, 4) is 5.75 Å². The number of carbonyl (C=O) groups excluding carboxylic acids is 1. The van der Waals surface area contributed by atoms with Crippen molar-refractivity contribution in [1.29, 1.82) is 0 Å². The lowest BCUT2D eigenvalue weighted by molar-refractivity contribution is -0.128. The molecule has 0 bridgehead atoms. The SMILES string of the molecule is CCNC(=NCC1Cc2ccccc2O1)NCCNC(=O)C(C)(C)C.I. The van der Waals surface area contributed by atoms with Crippen molar-refractivity contribution in [3.63, 3.8) is 0 Å². The average Bonchev–Trinajstić information content (AvgIpc) is 2.98. The van der Waals surface area contributed by atoms with Gasteiger partial charge < -0.3 is 20.7 Å². The fourth-order valence-corrected chi connectivity index (χ4v) is 2.51. The van der Waals surface area contributed by atoms with Crippen LogP contribution in [-0.4, -0.2) is 44.1 Å². The molecule has 1 aliphatic rings. The summed E-state index contributed by atoms with van der Waals surface area (Å²) in [6, 6.07) is 8.12. The van der Waals surface area contributed by atoms with Crippen molar-refractivity contribution in [3.05, 3.63) is 29.8 Å². The molecule has 1 atom stereocenters. The topological polar surface area (TPSA) is 74.8 Å². The van der Waals surface area contributed by atoms with Crippen LogP contribution in [-0.2, 0) is 11.2 Å². The Labute approximate surface area is 173 Å². The Morgan fingerprint density at radius 2 is 1.88 bits per heavy atom. The van der Waals surface area contributed by atoms with E-state index in [9.17, 15) is 4.79 Å². The third-order valence-corrected chi connectivity index (χ3v) is 3.90. The van der Waals surface area contributed by atoms with E-state index in [0.29, 0.717) is 19.6 Å². The number of halogens is 1. The Morgan fingerprint density at radius 1 is 1.19 bits per heavy atom. The number of carbonyl (C=O) groups is 1. The van der Waals surface area contributed by atoms with E-state index in [2.05, 4.69) is 27.0 Å². The van der Waals surface area contributed by atoms with Crippen LogP contribution in [0.3, 0.4) is 0 Å². The highest BCUT2D eigenvalue weighted by Crippen LogP contribution is 2.28. The zero-order chi connectivity index (χ0) is 18.3. The summed E-state index contributed by atoms with van der Waals surface area (Å²) in [6.45, 7) is 10.3. The molecule has 6 nitrogen and oxygen atoms in total. The van der Waals surface area contributed by atoms with Gasteiger partial charge >= 0.3 is 0 Å². The van der Waals surface area contributed by atoms with Crippen LogP contribution < -0.4 is 20.7 Å². The van der Waals surface area contributed by atoms with E-state index in [1.165, 1.54) is 5.56 Å². The third kappa shape index (κ3) is 7.01. The summed E-state index contributed by atoms with van der Waals surface area (Å²) in [7, 11) is 0. The molecule has 0 saturated carbocycles. The van der Waals surface area contributed by atoms with Crippen molar-refractivity contribution in [2.75, 3.05) is 26.2 Å². The molecule has 1 aromatic carbocycles. The number of hydrogen-bond donors (Lipinski definition) is 3. The first-order chi connectivity index (χ1) is 11.9. The highest BCUT2D eigenvalue weighted by Gasteiger charge is 2.22. The molecule has 146 valence electrons. The second kappa shape index (κ2) is 10.6. The molecule has 0 fully saturated rings. The number of hydrogen-bond acceptors (Lipinski definition) is 3. The summed E-state index contributed by atoms with van der Waals surface area (Å²) >= 11 is 0. The van der Waals surface area contributed by atoms with E-state index in [1.54, 1.807) is 0 Å². The van der Waals surface area contributed by atoms with Gasteiger partial charge in [-0.2, -0.15) is 0 Å². The van der Waals surface area contributed by atoms with Gasteiger partial charge in [0.2, 0.25) is 5.91 Å². The Balaban J connectivity index is 0.00000338. The minimum Gasteiger partial charge on any atom is -0.488 e. The zero-order valence-electron chi connectivity index (χ0n) is 16.1. The summed E-state index contributed by atoms with van der Waals surface area (Å²) in [5, 5.41) is 9.38. The maximum absolute atomic E-state index is 11.8. The maximum atomic E-state index is 11.8. The number of fused-ring (bicyclic) bond motifs is 1. The van der Waals surface area contributed by atoms with E-state index < -0.39 is 0 Å². The molecule has 0 aromatic heterocycles. The van der Waals surface area contributed by atoms with Crippen LogP contribution >= 0.6 is 24.0 Å². The molecule has 1 heterocycles. The molecular formula is C19H31IN4O2. The van der Waals surface area contributed by atoms with E-state index >= 15 is 0 Å². The normalized spacial score (nSPS) is 16.2. The lowest BCUT2D eigenvalue weighted by atomic mass is 9.96. The number of para-hydroxylation sites is 1. The number of guanidine groups is 1. The Bertz CT molecular complexity index is 589. The number of aliphatic imine (C=N–C) groups is 1. The minimum atomic E-state index is -0.368. The van der Waals surface area contributed by atoms with E-state index in [4.69, 9.17) is 4.74 Å². The van der Waals surface area contributed by atoms with Gasteiger partial charge in [-0.05, 0) is 18.6 Å². The standard InChI is InChI=1S/C19H30N4O2.HI/c1-5-20-18(22-11-10-21-17(24)19(2,3)4)23-13-15-12-14-8-6-7-9-16(14)25-15;/h6-9,15H,5,10-13H2,1-4H3,(H,21,24)(H2,20,22,23);1H. The molecule has 7 heteroatoms. The number of benzene rings is 1. The monoisotopic (exact) mass is 474 g/mol. The van der Waals surface area contributed by atoms with Gasteiger partial charge in [0.05, 0.1) is 6.54 Å². The fraction of sp³-hybridized carbons (Fsp3) is 0.579. The Morgan fingerprint density at radius 3 is 2.54 bits per heavy atom. The second-order valence-electron chi connectivity index (χ2n) is 7.20. The molecule has 26 heavy (non-hydrogen) atoms. The first kappa shape index (κ1) is 22.5. The van der Waals surface area contributed by atoms with Crippen LogP contribution in [0, 0.1) is 5.41 Å². The smallest absolute Gasteiger partial charge is 0.225 e. The van der Waals surface area contributed by atoms with Gasteiger partial charge in [0.15, 0.2) is 5.96 Å². The van der Waals surface area contributed by atoms with Gasteiger partial charge in [-0.15, -0.1) is 24.0 Å². The Hall–Kier alpha value is -1.51. The zero-order valence-corrected chi connectivity index (χ0v) is 18.4. The highest BCUT2D eigenvalue weighted by molar-refractivity contribution is 14.0. The van der Waals surface area contributed by atoms with Crippen molar-refractivity contribution in [2.24, 2.45) is 10.4 Å². The molecule has 2 rings (SSSR count). The van der Waals surface area contributed by atoms with Gasteiger partial charge in [0, 0.05) is 31.5 Å². The molecule has 1 aromatic rings. The Kier molecular flexibility index (Phi) is 9.18. The average molecular weight is 474 g/mol. The summed E-state index contributed by atoms with van der Waals surface area (Å²) in [6.07, 6.45) is 0.967. The van der Waals surface area contributed by atoms with Crippen LogP contribution in [0.25, 0.3) is 0 Å². The van der Waals surface area contributed by atoms with E-state index in [0.717, 1.165) is 24.7 Å². The molecule has 0 saturated heterocycles. The van der Waals surface area contributed by atoms with Crippen LogP contribution in [0.15, 0.2) is 29.3 Å². The third-order valence-electron chi connectivity index (χ3n) is 3.90. The molecule has 0 aliphatic carbocycles. The molecule has 1 aliphatic heterocycles. The lowest BCUT2D eigenvalue weighted by Gasteiger charge is -2.18. The molecule has 1 unspecified atom stereocenters. The summed E-state index contributed by atoms with van der Waals surface area (Å²) < 4.78 is 5.91. The summed E-state index contributed by atoms with van der Waals surface area (Å²) in [5.74, 6) is 1.76. The van der Waals surface area contributed by atoms with Crippen molar-refractivity contribution in [1.82, 2.24) is 16.0 Å². The molecule has 3 N–H and O–H groups in total. The van der Waals surface area contributed by atoms with Gasteiger partial charge in [0.1, 0.15) is 11.9 Å². The van der Waals surface area contributed by atoms with Crippen LogP contribution in [0.2, 0.25) is 0 Å². The van der Waals surface area contributed by atoms with Gasteiger partial charge in [-0.3, -0.25) is 4.79 Å². The number of nitrogens with one attached hydrogen (secondary N) is 3. The van der Waals surface area contributed by atoms with Crippen molar-refractivity contribution < 1.29 is 9.53 Å². The lowest BCUT2D eigenvalue weighted by Crippen LogP contribution is -2.43. The van der Waals surface area contributed by atoms with E-state index in [-0.39, 0.29) is 41.4 Å². The first-order valence-corrected chi connectivity index (χ1v) is 8.95. The fourth-order valence-electron chi connectivity index (χ4n) is 2.51. The summed E-state index contributed by atoms with van der Waals surface area (Å²) in [5.41, 5.74) is 0.874. The van der Waals surface area contributed by atoms with Crippen molar-refractivity contribution in [2.45, 2.75) is 40.2 Å². The predicted octanol–water partition coefficient (Wildman–Crippen LogP) is 2.33. The molecular weight excluding hydrogens is 443 g/mol. The molecule has 0 radical (unpaired) electrons.